The van der Waals surface area contributed by atoms with Gasteiger partial charge in [-0.2, -0.15) is 0 Å². The maximum Gasteiger partial charge on any atom is 0.251 e. The molecule has 0 aliphatic heterocycles. The molecular weight excluding hydrogens is 250 g/mol. The third-order valence-electron chi connectivity index (χ3n) is 3.21. The van der Waals surface area contributed by atoms with E-state index in [0.29, 0.717) is 5.56 Å². The summed E-state index contributed by atoms with van der Waals surface area (Å²) in [5.41, 5.74) is 2.87. The molecule has 2 N–H and O–H groups in total. The molecule has 0 unspecified atom stereocenters. The normalized spacial score (nSPS) is 10.3. The van der Waals surface area contributed by atoms with Crippen molar-refractivity contribution in [2.24, 2.45) is 0 Å². The van der Waals surface area contributed by atoms with Crippen molar-refractivity contribution < 1.29 is 4.79 Å². The van der Waals surface area contributed by atoms with Crippen LogP contribution in [0.5, 0.6) is 0 Å². The Hall–Kier alpha value is -2.23. The number of nitrogens with zero attached hydrogens (tertiary/aromatic N) is 1. The fourth-order valence-electron chi connectivity index (χ4n) is 2.18. The van der Waals surface area contributed by atoms with Gasteiger partial charge in [-0.25, -0.2) is 0 Å². The van der Waals surface area contributed by atoms with E-state index >= 15 is 0 Å². The van der Waals surface area contributed by atoms with Gasteiger partial charge in [0.15, 0.2) is 0 Å². The second-order valence-corrected chi connectivity index (χ2v) is 4.71. The second-order valence-electron chi connectivity index (χ2n) is 4.71. The highest BCUT2D eigenvalue weighted by molar-refractivity contribution is 5.94. The van der Waals surface area contributed by atoms with E-state index in [4.69, 9.17) is 0 Å². The van der Waals surface area contributed by atoms with Gasteiger partial charge in [-0.15, -0.1) is 0 Å². The zero-order valence-electron chi connectivity index (χ0n) is 12.0. The Bertz CT molecular complexity index is 575. The summed E-state index contributed by atoms with van der Waals surface area (Å²) < 4.78 is 2.25. The van der Waals surface area contributed by atoms with E-state index < -0.39 is 0 Å². The van der Waals surface area contributed by atoms with E-state index in [9.17, 15) is 4.79 Å². The first kappa shape index (κ1) is 14.2. The molecule has 2 aromatic rings. The van der Waals surface area contributed by atoms with Gasteiger partial charge in [0.2, 0.25) is 0 Å². The molecule has 4 heteroatoms. The molecule has 1 aromatic heterocycles. The van der Waals surface area contributed by atoms with E-state index in [1.165, 1.54) is 5.69 Å². The highest BCUT2D eigenvalue weighted by Gasteiger charge is 2.04. The lowest BCUT2D eigenvalue weighted by molar-refractivity contribution is 0.0963. The monoisotopic (exact) mass is 271 g/mol. The van der Waals surface area contributed by atoms with Gasteiger partial charge in [-0.1, -0.05) is 13.0 Å². The minimum atomic E-state index is -0.0667. The summed E-state index contributed by atoms with van der Waals surface area (Å²) in [6, 6.07) is 11.7. The van der Waals surface area contributed by atoms with Crippen molar-refractivity contribution in [1.29, 1.82) is 0 Å². The molecule has 1 heterocycles. The molecule has 20 heavy (non-hydrogen) atoms. The third-order valence-corrected chi connectivity index (χ3v) is 3.21. The molecule has 4 nitrogen and oxygen atoms in total. The number of carbonyl (C=O) groups excluding carboxylic acids is 1. The van der Waals surface area contributed by atoms with E-state index in [1.54, 1.807) is 7.05 Å². The lowest BCUT2D eigenvalue weighted by atomic mass is 10.2. The van der Waals surface area contributed by atoms with Crippen molar-refractivity contribution >= 4 is 11.6 Å². The van der Waals surface area contributed by atoms with E-state index in [2.05, 4.69) is 40.5 Å². The Morgan fingerprint density at radius 1 is 1.25 bits per heavy atom. The minimum Gasteiger partial charge on any atom is -0.379 e. The highest BCUT2D eigenvalue weighted by Crippen LogP contribution is 2.13. The predicted molar refractivity (Wildman–Crippen MR) is 81.9 cm³/mol. The number of aromatic nitrogens is 1. The van der Waals surface area contributed by atoms with Gasteiger partial charge in [-0.05, 0) is 36.8 Å². The number of carbonyl (C=O) groups is 1. The van der Waals surface area contributed by atoms with Crippen LogP contribution in [0.1, 0.15) is 29.4 Å². The van der Waals surface area contributed by atoms with Gasteiger partial charge in [0.1, 0.15) is 0 Å². The highest BCUT2D eigenvalue weighted by atomic mass is 16.1. The number of nitrogens with one attached hydrogen (secondary N) is 2. The second kappa shape index (κ2) is 6.80. The summed E-state index contributed by atoms with van der Waals surface area (Å²) in [5, 5.41) is 6.00. The molecule has 0 atom stereocenters. The number of hydrogen-bond acceptors (Lipinski definition) is 2. The number of anilines is 1. The molecule has 0 spiro atoms. The van der Waals surface area contributed by atoms with Gasteiger partial charge < -0.3 is 15.2 Å². The maximum atomic E-state index is 11.6. The van der Waals surface area contributed by atoms with Crippen LogP contribution in [-0.2, 0) is 13.1 Å². The maximum absolute atomic E-state index is 11.6. The molecule has 106 valence electrons. The minimum absolute atomic E-state index is 0.0667. The zero-order chi connectivity index (χ0) is 14.4. The fraction of sp³-hybridized carbons (Fsp3) is 0.312. The standard InChI is InChI=1S/C16H21N3O/c1-3-9-19-10-5-8-15(19)12-18-14-7-4-6-13(11-14)16(20)17-2/h4-8,10-11,18H,3,9,12H2,1-2H3,(H,17,20). The first-order valence-electron chi connectivity index (χ1n) is 6.94. The van der Waals surface area contributed by atoms with Crippen molar-refractivity contribution in [2.45, 2.75) is 26.4 Å². The quantitative estimate of drug-likeness (QED) is 0.848. The van der Waals surface area contributed by atoms with E-state index in [0.717, 1.165) is 25.2 Å². The van der Waals surface area contributed by atoms with Crippen molar-refractivity contribution in [2.75, 3.05) is 12.4 Å². The largest absolute Gasteiger partial charge is 0.379 e. The molecule has 1 amide bonds. The predicted octanol–water partition coefficient (Wildman–Crippen LogP) is 2.87. The Kier molecular flexibility index (Phi) is 4.82. The molecule has 0 saturated heterocycles. The van der Waals surface area contributed by atoms with Crippen LogP contribution < -0.4 is 10.6 Å². The van der Waals surface area contributed by atoms with Crippen LogP contribution in [0.15, 0.2) is 42.6 Å². The van der Waals surface area contributed by atoms with Crippen LogP contribution >= 0.6 is 0 Å². The first-order valence-corrected chi connectivity index (χ1v) is 6.94. The topological polar surface area (TPSA) is 46.1 Å². The molecule has 0 aliphatic rings. The van der Waals surface area contributed by atoms with Gasteiger partial charge in [0.05, 0.1) is 6.54 Å². The summed E-state index contributed by atoms with van der Waals surface area (Å²) in [6.07, 6.45) is 3.22. The van der Waals surface area contributed by atoms with Gasteiger partial charge in [-0.3, -0.25) is 4.79 Å². The fourth-order valence-corrected chi connectivity index (χ4v) is 2.18. The SMILES string of the molecule is CCCn1cccc1CNc1cccc(C(=O)NC)c1. The summed E-state index contributed by atoms with van der Waals surface area (Å²) in [4.78, 5) is 11.6. The van der Waals surface area contributed by atoms with Crippen molar-refractivity contribution in [1.82, 2.24) is 9.88 Å². The van der Waals surface area contributed by atoms with Crippen LogP contribution in [0.4, 0.5) is 5.69 Å². The number of benzene rings is 1. The van der Waals surface area contributed by atoms with Crippen molar-refractivity contribution in [3.8, 4) is 0 Å². The van der Waals surface area contributed by atoms with Crippen LogP contribution in [0, 0.1) is 0 Å². The summed E-state index contributed by atoms with van der Waals surface area (Å²) in [7, 11) is 1.64. The molecule has 0 aliphatic carbocycles. The van der Waals surface area contributed by atoms with Crippen LogP contribution in [0.2, 0.25) is 0 Å². The van der Waals surface area contributed by atoms with E-state index in [1.807, 2.05) is 24.3 Å². The molecule has 2 rings (SSSR count). The molecule has 0 radical (unpaired) electrons. The molecule has 0 bridgehead atoms. The van der Waals surface area contributed by atoms with Crippen molar-refractivity contribution in [3.05, 3.63) is 53.9 Å². The first-order chi connectivity index (χ1) is 9.74. The zero-order valence-corrected chi connectivity index (χ0v) is 12.0. The Labute approximate surface area is 119 Å². The van der Waals surface area contributed by atoms with Crippen LogP contribution in [0.25, 0.3) is 0 Å². The average Bonchev–Trinajstić information content (AvgIpc) is 2.92. The third kappa shape index (κ3) is 3.41. The Morgan fingerprint density at radius 2 is 2.10 bits per heavy atom. The van der Waals surface area contributed by atoms with Crippen LogP contribution in [0.3, 0.4) is 0 Å². The lowest BCUT2D eigenvalue weighted by Crippen LogP contribution is -2.17. The smallest absolute Gasteiger partial charge is 0.251 e. The molecule has 1 aromatic carbocycles. The number of aryl methyl sites for hydroxylation is 1. The molecule has 0 fully saturated rings. The Balaban J connectivity index is 2.03. The summed E-state index contributed by atoms with van der Waals surface area (Å²) >= 11 is 0. The number of amides is 1. The Morgan fingerprint density at radius 3 is 2.85 bits per heavy atom. The lowest BCUT2D eigenvalue weighted by Gasteiger charge is -2.11. The average molecular weight is 271 g/mol. The van der Waals surface area contributed by atoms with Crippen LogP contribution in [-0.4, -0.2) is 17.5 Å². The molecule has 0 saturated carbocycles. The van der Waals surface area contributed by atoms with Crippen molar-refractivity contribution in [3.63, 3.8) is 0 Å². The van der Waals surface area contributed by atoms with Gasteiger partial charge in [0, 0.05) is 36.7 Å². The van der Waals surface area contributed by atoms with Gasteiger partial charge >= 0.3 is 0 Å². The number of rotatable bonds is 6. The van der Waals surface area contributed by atoms with Gasteiger partial charge in [0.25, 0.3) is 5.91 Å². The number of hydrogen-bond donors (Lipinski definition) is 2. The summed E-state index contributed by atoms with van der Waals surface area (Å²) in [5.74, 6) is -0.0667. The summed E-state index contributed by atoms with van der Waals surface area (Å²) in [6.45, 7) is 3.95. The van der Waals surface area contributed by atoms with E-state index in [-0.39, 0.29) is 5.91 Å². The molecular formula is C16H21N3O.